The van der Waals surface area contributed by atoms with Gasteiger partial charge in [0.05, 0.1) is 0 Å². The minimum Gasteiger partial charge on any atom is -0.313 e. The van der Waals surface area contributed by atoms with Gasteiger partial charge in [0.2, 0.25) is 0 Å². The van der Waals surface area contributed by atoms with Gasteiger partial charge in [0.1, 0.15) is 0 Å². The molecule has 0 aliphatic carbocycles. The smallest absolute Gasteiger partial charge is 0.0192 e. The lowest BCUT2D eigenvalue weighted by atomic mass is 9.99. The molecule has 2 unspecified atom stereocenters. The fraction of sp³-hybridized carbons (Fsp3) is 0.647. The van der Waals surface area contributed by atoms with E-state index in [0.29, 0.717) is 6.04 Å². The van der Waals surface area contributed by atoms with Crippen LogP contribution in [0.1, 0.15) is 44.6 Å². The van der Waals surface area contributed by atoms with Gasteiger partial charge in [-0.05, 0) is 43.8 Å². The van der Waals surface area contributed by atoms with Gasteiger partial charge >= 0.3 is 0 Å². The van der Waals surface area contributed by atoms with E-state index in [0.717, 1.165) is 12.5 Å². The summed E-state index contributed by atoms with van der Waals surface area (Å²) in [6, 6.07) is 11.7. The van der Waals surface area contributed by atoms with E-state index in [1.165, 1.54) is 44.5 Å². The van der Waals surface area contributed by atoms with Crippen LogP contribution >= 0.6 is 0 Å². The van der Waals surface area contributed by atoms with Crippen molar-refractivity contribution in [3.05, 3.63) is 35.9 Å². The van der Waals surface area contributed by atoms with Gasteiger partial charge in [-0.25, -0.2) is 0 Å². The van der Waals surface area contributed by atoms with Crippen LogP contribution in [-0.4, -0.2) is 37.1 Å². The number of nitrogens with one attached hydrogen (secondary N) is 1. The molecule has 0 amide bonds. The zero-order valence-electron chi connectivity index (χ0n) is 12.4. The first kappa shape index (κ1) is 14.5. The van der Waals surface area contributed by atoms with Gasteiger partial charge in [-0.15, -0.1) is 0 Å². The molecule has 0 aromatic heterocycles. The molecule has 0 spiro atoms. The fourth-order valence-corrected chi connectivity index (χ4v) is 2.99. The van der Waals surface area contributed by atoms with Crippen molar-refractivity contribution in [2.75, 3.05) is 26.2 Å². The second-order valence-electron chi connectivity index (χ2n) is 5.72. The van der Waals surface area contributed by atoms with Crippen molar-refractivity contribution in [1.29, 1.82) is 0 Å². The molecule has 2 heteroatoms. The number of likely N-dealkylation sites (tertiary alicyclic amines) is 1. The summed E-state index contributed by atoms with van der Waals surface area (Å²) in [7, 11) is 0. The minimum atomic E-state index is 0.662. The number of hydrogen-bond donors (Lipinski definition) is 1. The zero-order valence-corrected chi connectivity index (χ0v) is 12.4. The van der Waals surface area contributed by atoms with E-state index in [2.05, 4.69) is 54.4 Å². The molecule has 1 aromatic carbocycles. The molecule has 2 rings (SSSR count). The summed E-state index contributed by atoms with van der Waals surface area (Å²) in [6.07, 6.45) is 3.77. The van der Waals surface area contributed by atoms with E-state index < -0.39 is 0 Å². The van der Waals surface area contributed by atoms with Crippen LogP contribution < -0.4 is 5.32 Å². The standard InChI is InChI=1S/C17H28N2/c1-3-11-18-17(4-2)14-19-12-10-16(13-19)15-8-6-5-7-9-15/h5-9,16-18H,3-4,10-14H2,1-2H3. The molecular formula is C17H28N2. The second-order valence-corrected chi connectivity index (χ2v) is 5.72. The normalized spacial score (nSPS) is 21.7. The molecule has 1 saturated heterocycles. The summed E-state index contributed by atoms with van der Waals surface area (Å²) < 4.78 is 0. The monoisotopic (exact) mass is 260 g/mol. The summed E-state index contributed by atoms with van der Waals surface area (Å²) in [5, 5.41) is 3.66. The molecule has 1 aliphatic rings. The molecule has 19 heavy (non-hydrogen) atoms. The highest BCUT2D eigenvalue weighted by Gasteiger charge is 2.24. The number of rotatable bonds is 7. The average Bonchev–Trinajstić information content (AvgIpc) is 2.93. The summed E-state index contributed by atoms with van der Waals surface area (Å²) >= 11 is 0. The third-order valence-electron chi connectivity index (χ3n) is 4.20. The lowest BCUT2D eigenvalue weighted by molar-refractivity contribution is 0.283. The minimum absolute atomic E-state index is 0.662. The molecule has 1 aliphatic heterocycles. The van der Waals surface area contributed by atoms with E-state index in [4.69, 9.17) is 0 Å². The van der Waals surface area contributed by atoms with Gasteiger partial charge in [-0.2, -0.15) is 0 Å². The molecule has 1 fully saturated rings. The van der Waals surface area contributed by atoms with Crippen LogP contribution in [0, 0.1) is 0 Å². The quantitative estimate of drug-likeness (QED) is 0.809. The first-order valence-corrected chi connectivity index (χ1v) is 7.84. The van der Waals surface area contributed by atoms with Crippen molar-refractivity contribution < 1.29 is 0 Å². The Bertz CT molecular complexity index is 350. The molecule has 1 aromatic rings. The number of hydrogen-bond acceptors (Lipinski definition) is 2. The molecule has 1 heterocycles. The lowest BCUT2D eigenvalue weighted by Gasteiger charge is -2.24. The van der Waals surface area contributed by atoms with Crippen LogP contribution in [0.3, 0.4) is 0 Å². The van der Waals surface area contributed by atoms with Gasteiger partial charge in [0.25, 0.3) is 0 Å². The molecule has 2 atom stereocenters. The van der Waals surface area contributed by atoms with Crippen LogP contribution in [0.15, 0.2) is 30.3 Å². The Morgan fingerprint density at radius 3 is 2.74 bits per heavy atom. The van der Waals surface area contributed by atoms with Crippen molar-refractivity contribution in [3.63, 3.8) is 0 Å². The van der Waals surface area contributed by atoms with E-state index in [1.807, 2.05) is 0 Å². The Balaban J connectivity index is 1.81. The topological polar surface area (TPSA) is 15.3 Å². The van der Waals surface area contributed by atoms with E-state index >= 15 is 0 Å². The summed E-state index contributed by atoms with van der Waals surface area (Å²) in [5.74, 6) is 0.741. The molecule has 0 radical (unpaired) electrons. The Labute approximate surface area is 118 Å². The first-order chi connectivity index (χ1) is 9.33. The third kappa shape index (κ3) is 4.32. The van der Waals surface area contributed by atoms with Gasteiger partial charge in [0.15, 0.2) is 0 Å². The predicted molar refractivity (Wildman–Crippen MR) is 82.6 cm³/mol. The molecular weight excluding hydrogens is 232 g/mol. The van der Waals surface area contributed by atoms with Gasteiger partial charge in [-0.3, -0.25) is 0 Å². The molecule has 2 nitrogen and oxygen atoms in total. The molecule has 0 saturated carbocycles. The summed E-state index contributed by atoms with van der Waals surface area (Å²) in [5.41, 5.74) is 1.51. The van der Waals surface area contributed by atoms with Gasteiger partial charge in [-0.1, -0.05) is 44.2 Å². The highest BCUT2D eigenvalue weighted by molar-refractivity contribution is 5.21. The van der Waals surface area contributed by atoms with Crippen LogP contribution in [-0.2, 0) is 0 Å². The van der Waals surface area contributed by atoms with Crippen molar-refractivity contribution in [1.82, 2.24) is 10.2 Å². The molecule has 106 valence electrons. The average molecular weight is 260 g/mol. The Hall–Kier alpha value is -0.860. The summed E-state index contributed by atoms with van der Waals surface area (Å²) in [6.45, 7) is 9.37. The summed E-state index contributed by atoms with van der Waals surface area (Å²) in [4.78, 5) is 2.63. The Morgan fingerprint density at radius 2 is 2.05 bits per heavy atom. The Morgan fingerprint density at radius 1 is 1.26 bits per heavy atom. The van der Waals surface area contributed by atoms with Crippen LogP contribution in [0.25, 0.3) is 0 Å². The van der Waals surface area contributed by atoms with Gasteiger partial charge in [0, 0.05) is 19.1 Å². The van der Waals surface area contributed by atoms with E-state index in [1.54, 1.807) is 0 Å². The van der Waals surface area contributed by atoms with Crippen molar-refractivity contribution in [2.24, 2.45) is 0 Å². The van der Waals surface area contributed by atoms with E-state index in [-0.39, 0.29) is 0 Å². The largest absolute Gasteiger partial charge is 0.313 e. The highest BCUT2D eigenvalue weighted by Crippen LogP contribution is 2.26. The maximum atomic E-state index is 3.66. The van der Waals surface area contributed by atoms with Crippen molar-refractivity contribution in [2.45, 2.75) is 45.1 Å². The third-order valence-corrected chi connectivity index (χ3v) is 4.20. The molecule has 1 N–H and O–H groups in total. The number of nitrogens with zero attached hydrogens (tertiary/aromatic N) is 1. The maximum Gasteiger partial charge on any atom is 0.0192 e. The SMILES string of the molecule is CCCNC(CC)CN1CCC(c2ccccc2)C1. The van der Waals surface area contributed by atoms with Crippen molar-refractivity contribution >= 4 is 0 Å². The fourth-order valence-electron chi connectivity index (χ4n) is 2.99. The highest BCUT2D eigenvalue weighted by atomic mass is 15.2. The lowest BCUT2D eigenvalue weighted by Crippen LogP contribution is -2.40. The van der Waals surface area contributed by atoms with E-state index in [9.17, 15) is 0 Å². The first-order valence-electron chi connectivity index (χ1n) is 7.84. The number of benzene rings is 1. The zero-order chi connectivity index (χ0) is 13.5. The molecule has 0 bridgehead atoms. The maximum absolute atomic E-state index is 3.66. The predicted octanol–water partition coefficient (Wildman–Crippen LogP) is 3.25. The van der Waals surface area contributed by atoms with Crippen LogP contribution in [0.2, 0.25) is 0 Å². The van der Waals surface area contributed by atoms with Gasteiger partial charge < -0.3 is 10.2 Å². The van der Waals surface area contributed by atoms with Crippen molar-refractivity contribution in [3.8, 4) is 0 Å². The van der Waals surface area contributed by atoms with Crippen LogP contribution in [0.5, 0.6) is 0 Å². The van der Waals surface area contributed by atoms with Crippen LogP contribution in [0.4, 0.5) is 0 Å². The Kier molecular flexibility index (Phi) is 5.87. The second kappa shape index (κ2) is 7.66.